The predicted molar refractivity (Wildman–Crippen MR) is 131 cm³/mol. The largest absolute Gasteiger partial charge is 0.493 e. The number of ether oxygens (including phenoxy) is 2. The molecule has 4 aromatic rings. The van der Waals surface area contributed by atoms with Crippen LogP contribution in [0.15, 0.2) is 84.4 Å². The quantitative estimate of drug-likeness (QED) is 0.334. The lowest BCUT2D eigenvalue weighted by atomic mass is 10.1. The zero-order valence-corrected chi connectivity index (χ0v) is 19.3. The summed E-state index contributed by atoms with van der Waals surface area (Å²) in [6.07, 6.45) is 2.80. The summed E-state index contributed by atoms with van der Waals surface area (Å²) in [5.74, 6) is 1.36. The molecular formula is C27H26N2O3S. The fourth-order valence-electron chi connectivity index (χ4n) is 3.41. The molecule has 0 fully saturated rings. The molecule has 0 aliphatic heterocycles. The van der Waals surface area contributed by atoms with Crippen LogP contribution in [-0.2, 0) is 24.4 Å². The number of carbonyl (C=O) groups excluding carboxylic acids is 1. The highest BCUT2D eigenvalue weighted by molar-refractivity contribution is 7.13. The summed E-state index contributed by atoms with van der Waals surface area (Å²) < 4.78 is 11.4. The number of amides is 1. The Labute approximate surface area is 198 Å². The molecule has 0 atom stereocenters. The normalized spacial score (nSPS) is 10.6. The van der Waals surface area contributed by atoms with Gasteiger partial charge >= 0.3 is 0 Å². The van der Waals surface area contributed by atoms with Gasteiger partial charge in [0.15, 0.2) is 11.5 Å². The van der Waals surface area contributed by atoms with E-state index in [-0.39, 0.29) is 5.91 Å². The molecule has 33 heavy (non-hydrogen) atoms. The molecule has 1 amide bonds. The van der Waals surface area contributed by atoms with Gasteiger partial charge in [0.1, 0.15) is 6.61 Å². The summed E-state index contributed by atoms with van der Waals surface area (Å²) in [5.41, 5.74) is 4.07. The first-order valence-corrected chi connectivity index (χ1v) is 11.7. The molecule has 1 N–H and O–H groups in total. The molecule has 0 radical (unpaired) electrons. The van der Waals surface area contributed by atoms with E-state index in [1.54, 1.807) is 24.6 Å². The first kappa shape index (κ1) is 22.6. The second kappa shape index (κ2) is 11.3. The Morgan fingerprint density at radius 2 is 1.82 bits per heavy atom. The van der Waals surface area contributed by atoms with Crippen LogP contribution >= 0.6 is 11.3 Å². The topological polar surface area (TPSA) is 60.5 Å². The second-order valence-corrected chi connectivity index (χ2v) is 8.51. The molecule has 0 aliphatic rings. The van der Waals surface area contributed by atoms with Crippen molar-refractivity contribution in [3.05, 3.63) is 101 Å². The van der Waals surface area contributed by atoms with Gasteiger partial charge in [-0.25, -0.2) is 0 Å². The predicted octanol–water partition coefficient (Wildman–Crippen LogP) is 5.65. The summed E-state index contributed by atoms with van der Waals surface area (Å²) in [7, 11) is 1.63. The van der Waals surface area contributed by atoms with Crippen LogP contribution in [0.5, 0.6) is 11.5 Å². The first-order valence-electron chi connectivity index (χ1n) is 10.8. The lowest BCUT2D eigenvalue weighted by Gasteiger charge is -2.13. The second-order valence-electron chi connectivity index (χ2n) is 7.56. The van der Waals surface area contributed by atoms with E-state index in [2.05, 4.69) is 10.3 Å². The van der Waals surface area contributed by atoms with Crippen LogP contribution < -0.4 is 14.8 Å². The summed E-state index contributed by atoms with van der Waals surface area (Å²) in [6, 6.07) is 23.8. The van der Waals surface area contributed by atoms with Crippen LogP contribution in [0, 0.1) is 0 Å². The van der Waals surface area contributed by atoms with Gasteiger partial charge in [0.25, 0.3) is 0 Å². The molecule has 5 nitrogen and oxygen atoms in total. The smallest absolute Gasteiger partial charge is 0.220 e. The van der Waals surface area contributed by atoms with Gasteiger partial charge in [-0.1, -0.05) is 42.5 Å². The number of rotatable bonds is 10. The van der Waals surface area contributed by atoms with Crippen LogP contribution in [0.4, 0.5) is 0 Å². The van der Waals surface area contributed by atoms with Crippen LogP contribution in [0.3, 0.4) is 0 Å². The van der Waals surface area contributed by atoms with Crippen molar-refractivity contribution in [2.75, 3.05) is 7.11 Å². The number of benzene rings is 2. The van der Waals surface area contributed by atoms with E-state index in [1.807, 2.05) is 78.2 Å². The minimum absolute atomic E-state index is 0.00654. The number of aryl methyl sites for hydroxylation is 1. The summed E-state index contributed by atoms with van der Waals surface area (Å²) >= 11 is 1.65. The number of hydrogen-bond acceptors (Lipinski definition) is 5. The van der Waals surface area contributed by atoms with Gasteiger partial charge in [0.2, 0.25) is 5.91 Å². The highest BCUT2D eigenvalue weighted by Gasteiger charge is 2.09. The molecule has 0 spiro atoms. The van der Waals surface area contributed by atoms with E-state index >= 15 is 0 Å². The maximum atomic E-state index is 12.4. The Hall–Kier alpha value is -3.64. The van der Waals surface area contributed by atoms with Crippen molar-refractivity contribution in [3.8, 4) is 22.1 Å². The number of pyridine rings is 1. The lowest BCUT2D eigenvalue weighted by Crippen LogP contribution is -2.23. The van der Waals surface area contributed by atoms with E-state index in [0.717, 1.165) is 27.3 Å². The number of nitrogens with one attached hydrogen (secondary N) is 1. The van der Waals surface area contributed by atoms with E-state index in [0.29, 0.717) is 37.5 Å². The Balaban J connectivity index is 1.30. The Morgan fingerprint density at radius 3 is 2.61 bits per heavy atom. The van der Waals surface area contributed by atoms with E-state index in [9.17, 15) is 4.79 Å². The van der Waals surface area contributed by atoms with Crippen LogP contribution in [0.25, 0.3) is 10.6 Å². The van der Waals surface area contributed by atoms with Gasteiger partial charge in [-0.2, -0.15) is 0 Å². The van der Waals surface area contributed by atoms with Crippen molar-refractivity contribution in [1.29, 1.82) is 0 Å². The van der Waals surface area contributed by atoms with Gasteiger partial charge in [0.05, 0.1) is 17.7 Å². The Bertz CT molecular complexity index is 1180. The van der Waals surface area contributed by atoms with Crippen molar-refractivity contribution < 1.29 is 14.3 Å². The van der Waals surface area contributed by atoms with Gasteiger partial charge in [-0.05, 0) is 58.8 Å². The fourth-order valence-corrected chi connectivity index (χ4v) is 4.11. The molecule has 0 unspecified atom stereocenters. The molecule has 2 heterocycles. The van der Waals surface area contributed by atoms with Gasteiger partial charge in [-0.15, -0.1) is 11.3 Å². The van der Waals surface area contributed by atoms with Crippen LogP contribution in [0.1, 0.15) is 23.1 Å². The average Bonchev–Trinajstić information content (AvgIpc) is 3.41. The molecular weight excluding hydrogens is 432 g/mol. The number of nitrogens with zero attached hydrogens (tertiary/aromatic N) is 1. The highest BCUT2D eigenvalue weighted by Crippen LogP contribution is 2.29. The van der Waals surface area contributed by atoms with Crippen LogP contribution in [-0.4, -0.2) is 18.0 Å². The van der Waals surface area contributed by atoms with E-state index in [4.69, 9.17) is 9.47 Å². The summed E-state index contributed by atoms with van der Waals surface area (Å²) in [6.45, 7) is 0.939. The zero-order valence-electron chi connectivity index (χ0n) is 18.5. The monoisotopic (exact) mass is 458 g/mol. The third-order valence-electron chi connectivity index (χ3n) is 5.19. The zero-order chi connectivity index (χ0) is 22.9. The first-order chi connectivity index (χ1) is 16.2. The van der Waals surface area contributed by atoms with E-state index in [1.165, 1.54) is 0 Å². The molecule has 0 saturated heterocycles. The molecule has 0 saturated carbocycles. The number of hydrogen-bond donors (Lipinski definition) is 1. The molecule has 0 aliphatic carbocycles. The lowest BCUT2D eigenvalue weighted by molar-refractivity contribution is -0.121. The molecule has 4 rings (SSSR count). The minimum Gasteiger partial charge on any atom is -0.493 e. The van der Waals surface area contributed by atoms with Crippen molar-refractivity contribution in [2.45, 2.75) is 26.0 Å². The summed E-state index contributed by atoms with van der Waals surface area (Å²) in [5, 5.41) is 5.04. The summed E-state index contributed by atoms with van der Waals surface area (Å²) in [4.78, 5) is 18.0. The SMILES string of the molecule is COc1ccc(CCC(=O)NCc2ccnc(-c3cccs3)c2)cc1OCc1ccccc1. The van der Waals surface area contributed by atoms with Crippen molar-refractivity contribution >= 4 is 17.2 Å². The Kier molecular flexibility index (Phi) is 7.72. The molecule has 2 aromatic carbocycles. The van der Waals surface area contributed by atoms with Crippen molar-refractivity contribution in [3.63, 3.8) is 0 Å². The van der Waals surface area contributed by atoms with Crippen molar-refractivity contribution in [2.24, 2.45) is 0 Å². The number of thiophene rings is 1. The minimum atomic E-state index is 0.00654. The highest BCUT2D eigenvalue weighted by atomic mass is 32.1. The maximum absolute atomic E-state index is 12.4. The Morgan fingerprint density at radius 1 is 0.939 bits per heavy atom. The van der Waals surface area contributed by atoms with Gasteiger partial charge in [0, 0.05) is 19.2 Å². The molecule has 2 aromatic heterocycles. The van der Waals surface area contributed by atoms with Gasteiger partial charge in [-0.3, -0.25) is 9.78 Å². The average molecular weight is 459 g/mol. The fraction of sp³-hybridized carbons (Fsp3) is 0.185. The number of aromatic nitrogens is 1. The third-order valence-corrected chi connectivity index (χ3v) is 6.09. The maximum Gasteiger partial charge on any atom is 0.220 e. The molecule has 6 heteroatoms. The number of methoxy groups -OCH3 is 1. The molecule has 0 bridgehead atoms. The van der Waals surface area contributed by atoms with Crippen molar-refractivity contribution in [1.82, 2.24) is 10.3 Å². The third kappa shape index (κ3) is 6.43. The van der Waals surface area contributed by atoms with E-state index < -0.39 is 0 Å². The number of carbonyl (C=O) groups is 1. The standard InChI is InChI=1S/C27H26N2O3S/c1-31-24-11-9-20(17-25(24)32-19-21-6-3-2-4-7-21)10-12-27(30)29-18-22-13-14-28-23(16-22)26-8-5-15-33-26/h2-9,11,13-17H,10,12,18-19H2,1H3,(H,29,30). The van der Waals surface area contributed by atoms with Gasteiger partial charge < -0.3 is 14.8 Å². The molecule has 168 valence electrons. The van der Waals surface area contributed by atoms with Crippen LogP contribution in [0.2, 0.25) is 0 Å².